The molecular formula is C7H14N4O. The van der Waals surface area contributed by atoms with Crippen molar-refractivity contribution in [2.75, 3.05) is 6.54 Å². The zero-order valence-corrected chi connectivity index (χ0v) is 7.13. The third-order valence-corrected chi connectivity index (χ3v) is 1.94. The molecule has 1 heterocycles. The first-order valence-corrected chi connectivity index (χ1v) is 4.09. The Morgan fingerprint density at radius 3 is 2.83 bits per heavy atom. The molecular weight excluding hydrogens is 156 g/mol. The highest BCUT2D eigenvalue weighted by atomic mass is 16.1. The van der Waals surface area contributed by atoms with Crippen LogP contribution in [0.3, 0.4) is 0 Å². The molecule has 12 heavy (non-hydrogen) atoms. The van der Waals surface area contributed by atoms with Crippen LogP contribution in [0, 0.1) is 5.92 Å². The quantitative estimate of drug-likeness (QED) is 0.576. The van der Waals surface area contributed by atoms with Crippen LogP contribution in [0.15, 0.2) is 4.79 Å². The molecule has 4 N–H and O–H groups in total. The first-order chi connectivity index (χ1) is 5.76. The fraction of sp³-hybridized carbons (Fsp3) is 0.714. The van der Waals surface area contributed by atoms with E-state index in [4.69, 9.17) is 5.73 Å². The van der Waals surface area contributed by atoms with E-state index in [9.17, 15) is 4.79 Å². The number of aromatic amines is 2. The van der Waals surface area contributed by atoms with Crippen molar-refractivity contribution in [3.8, 4) is 0 Å². The minimum absolute atomic E-state index is 0.253. The van der Waals surface area contributed by atoms with Crippen LogP contribution in [0.4, 0.5) is 0 Å². The lowest BCUT2D eigenvalue weighted by atomic mass is 10.0. The van der Waals surface area contributed by atoms with Crippen molar-refractivity contribution in [3.63, 3.8) is 0 Å². The lowest BCUT2D eigenvalue weighted by molar-refractivity contribution is 0.506. The van der Waals surface area contributed by atoms with Crippen molar-refractivity contribution in [2.24, 2.45) is 11.7 Å². The van der Waals surface area contributed by atoms with E-state index in [-0.39, 0.29) is 5.69 Å². The average molecular weight is 170 g/mol. The summed E-state index contributed by atoms with van der Waals surface area (Å²) in [6.07, 6.45) is 1.75. The zero-order valence-electron chi connectivity index (χ0n) is 7.13. The first kappa shape index (κ1) is 8.99. The van der Waals surface area contributed by atoms with Gasteiger partial charge in [0.2, 0.25) is 0 Å². The first-order valence-electron chi connectivity index (χ1n) is 4.09. The molecule has 0 aliphatic rings. The van der Waals surface area contributed by atoms with Crippen LogP contribution in [0.1, 0.15) is 19.2 Å². The second-order valence-corrected chi connectivity index (χ2v) is 2.84. The summed E-state index contributed by atoms with van der Waals surface area (Å²) in [6.45, 7) is 2.70. The number of aromatic nitrogens is 3. The minimum Gasteiger partial charge on any atom is -0.330 e. The van der Waals surface area contributed by atoms with Crippen LogP contribution in [0.25, 0.3) is 0 Å². The van der Waals surface area contributed by atoms with Crippen LogP contribution < -0.4 is 11.4 Å². The van der Waals surface area contributed by atoms with E-state index in [0.717, 1.165) is 12.8 Å². The standard InChI is InChI=1S/C7H14N4O/c1-2-5(4-8)3-6-9-7(12)11-10-6/h5H,2-4,8H2,1H3,(H2,9,10,11,12). The number of nitrogens with two attached hydrogens (primary N) is 1. The Balaban J connectivity index is 2.56. The van der Waals surface area contributed by atoms with E-state index in [2.05, 4.69) is 22.1 Å². The van der Waals surface area contributed by atoms with Gasteiger partial charge in [0.25, 0.3) is 0 Å². The van der Waals surface area contributed by atoms with Crippen LogP contribution in [-0.4, -0.2) is 21.7 Å². The molecule has 1 unspecified atom stereocenters. The summed E-state index contributed by atoms with van der Waals surface area (Å²) in [6, 6.07) is 0. The summed E-state index contributed by atoms with van der Waals surface area (Å²) in [7, 11) is 0. The van der Waals surface area contributed by atoms with E-state index < -0.39 is 0 Å². The molecule has 0 saturated heterocycles. The minimum atomic E-state index is -0.253. The van der Waals surface area contributed by atoms with E-state index in [1.54, 1.807) is 0 Å². The van der Waals surface area contributed by atoms with Gasteiger partial charge >= 0.3 is 5.69 Å². The maximum Gasteiger partial charge on any atom is 0.340 e. The number of nitrogens with one attached hydrogen (secondary N) is 2. The Kier molecular flexibility index (Phi) is 3.04. The fourth-order valence-electron chi connectivity index (χ4n) is 1.07. The molecule has 0 amide bonds. The Bertz CT molecular complexity index is 273. The molecule has 0 aromatic carbocycles. The van der Waals surface area contributed by atoms with Crippen molar-refractivity contribution in [2.45, 2.75) is 19.8 Å². The van der Waals surface area contributed by atoms with Crippen LogP contribution >= 0.6 is 0 Å². The van der Waals surface area contributed by atoms with Crippen LogP contribution in [0.2, 0.25) is 0 Å². The normalized spacial score (nSPS) is 13.2. The summed E-state index contributed by atoms with van der Waals surface area (Å²) in [4.78, 5) is 13.2. The second-order valence-electron chi connectivity index (χ2n) is 2.84. The van der Waals surface area contributed by atoms with Gasteiger partial charge in [0.05, 0.1) is 0 Å². The molecule has 5 heteroatoms. The monoisotopic (exact) mass is 170 g/mol. The predicted molar refractivity (Wildman–Crippen MR) is 45.7 cm³/mol. The van der Waals surface area contributed by atoms with Gasteiger partial charge in [-0.15, -0.1) is 0 Å². The number of hydrogen-bond donors (Lipinski definition) is 3. The molecule has 1 rings (SSSR count). The Labute approximate surface area is 70.4 Å². The topological polar surface area (TPSA) is 87.6 Å². The third-order valence-electron chi connectivity index (χ3n) is 1.94. The third kappa shape index (κ3) is 2.20. The molecule has 0 spiro atoms. The molecule has 1 aromatic heterocycles. The molecule has 68 valence electrons. The van der Waals surface area contributed by atoms with Crippen LogP contribution in [-0.2, 0) is 6.42 Å². The highest BCUT2D eigenvalue weighted by molar-refractivity contribution is 4.83. The van der Waals surface area contributed by atoms with Gasteiger partial charge in [-0.25, -0.2) is 9.89 Å². The van der Waals surface area contributed by atoms with Crippen molar-refractivity contribution in [1.29, 1.82) is 0 Å². The summed E-state index contributed by atoms with van der Waals surface area (Å²) in [5.74, 6) is 1.10. The Morgan fingerprint density at radius 2 is 2.42 bits per heavy atom. The average Bonchev–Trinajstić information content (AvgIpc) is 2.47. The van der Waals surface area contributed by atoms with E-state index >= 15 is 0 Å². The number of hydrogen-bond acceptors (Lipinski definition) is 3. The predicted octanol–water partition coefficient (Wildman–Crippen LogP) is -0.375. The molecule has 5 nitrogen and oxygen atoms in total. The van der Waals surface area contributed by atoms with Crippen molar-refractivity contribution in [3.05, 3.63) is 16.3 Å². The molecule has 0 aliphatic heterocycles. The van der Waals surface area contributed by atoms with Gasteiger partial charge in [-0.05, 0) is 12.5 Å². The summed E-state index contributed by atoms with van der Waals surface area (Å²) < 4.78 is 0. The fourth-order valence-corrected chi connectivity index (χ4v) is 1.07. The van der Waals surface area contributed by atoms with Gasteiger partial charge in [0.1, 0.15) is 5.82 Å². The molecule has 1 aromatic rings. The van der Waals surface area contributed by atoms with Crippen molar-refractivity contribution in [1.82, 2.24) is 15.2 Å². The summed E-state index contributed by atoms with van der Waals surface area (Å²) in [5.41, 5.74) is 5.26. The lowest BCUT2D eigenvalue weighted by Crippen LogP contribution is -2.16. The summed E-state index contributed by atoms with van der Waals surface area (Å²) in [5, 5.41) is 6.12. The maximum absolute atomic E-state index is 10.6. The lowest BCUT2D eigenvalue weighted by Gasteiger charge is -2.08. The van der Waals surface area contributed by atoms with Gasteiger partial charge in [-0.2, -0.15) is 5.10 Å². The van der Waals surface area contributed by atoms with Gasteiger partial charge in [0, 0.05) is 6.42 Å². The number of H-pyrrole nitrogens is 2. The van der Waals surface area contributed by atoms with Gasteiger partial charge < -0.3 is 5.73 Å². The number of nitrogens with zero attached hydrogens (tertiary/aromatic N) is 1. The molecule has 0 saturated carbocycles. The smallest absolute Gasteiger partial charge is 0.330 e. The van der Waals surface area contributed by atoms with Gasteiger partial charge in [0.15, 0.2) is 0 Å². The molecule has 0 fully saturated rings. The van der Waals surface area contributed by atoms with Crippen LogP contribution in [0.5, 0.6) is 0 Å². The highest BCUT2D eigenvalue weighted by Crippen LogP contribution is 2.04. The SMILES string of the molecule is CCC(CN)Cc1n[nH]c(=O)[nH]1. The second kappa shape index (κ2) is 4.06. The van der Waals surface area contributed by atoms with Crippen molar-refractivity contribution >= 4 is 0 Å². The zero-order chi connectivity index (χ0) is 8.97. The molecule has 0 radical (unpaired) electrons. The van der Waals surface area contributed by atoms with Gasteiger partial charge in [-0.3, -0.25) is 4.98 Å². The number of rotatable bonds is 4. The van der Waals surface area contributed by atoms with E-state index in [0.29, 0.717) is 18.3 Å². The maximum atomic E-state index is 10.6. The Hall–Kier alpha value is -1.10. The highest BCUT2D eigenvalue weighted by Gasteiger charge is 2.07. The molecule has 1 atom stereocenters. The molecule has 0 aliphatic carbocycles. The van der Waals surface area contributed by atoms with Gasteiger partial charge in [-0.1, -0.05) is 13.3 Å². The largest absolute Gasteiger partial charge is 0.340 e. The van der Waals surface area contributed by atoms with E-state index in [1.165, 1.54) is 0 Å². The van der Waals surface area contributed by atoms with Crippen molar-refractivity contribution < 1.29 is 0 Å². The van der Waals surface area contributed by atoms with E-state index in [1.807, 2.05) is 0 Å². The summed E-state index contributed by atoms with van der Waals surface area (Å²) >= 11 is 0. The Morgan fingerprint density at radius 1 is 1.67 bits per heavy atom. The molecule has 0 bridgehead atoms.